The van der Waals surface area contributed by atoms with Crippen LogP contribution in [-0.2, 0) is 24.8 Å². The molecule has 2 aromatic carbocycles. The topological polar surface area (TPSA) is 105 Å². The molecule has 0 spiro atoms. The quantitative estimate of drug-likeness (QED) is 0.281. The first-order chi connectivity index (χ1) is 18.7. The molecular weight excluding hydrogens is 546 g/mol. The Morgan fingerprint density at radius 1 is 1.18 bits per heavy atom. The third kappa shape index (κ3) is 9.92. The third-order valence-corrected chi connectivity index (χ3v) is 8.70. The molecule has 0 saturated heterocycles. The lowest BCUT2D eigenvalue weighted by molar-refractivity contribution is 0.0912. The van der Waals surface area contributed by atoms with Gasteiger partial charge in [0.2, 0.25) is 0 Å². The normalized spacial score (nSPS) is 16.0. The molecule has 1 heterocycles. The number of carbonyl (C=O) groups is 1. The number of halogens is 1. The van der Waals surface area contributed by atoms with Crippen LogP contribution in [-0.4, -0.2) is 68.7 Å². The molecule has 0 fully saturated rings. The maximum absolute atomic E-state index is 14.0. The van der Waals surface area contributed by atoms with Gasteiger partial charge in [0.15, 0.2) is 5.17 Å². The lowest BCUT2D eigenvalue weighted by Gasteiger charge is -2.18. The number of nitrogens with one attached hydrogen (secondary N) is 1. The number of amides is 1. The molecule has 1 aliphatic rings. The smallest absolute Gasteiger partial charge is 0.332 e. The first-order valence-electron chi connectivity index (χ1n) is 12.8. The van der Waals surface area contributed by atoms with E-state index in [0.717, 1.165) is 0 Å². The number of hydrogen-bond acceptors (Lipinski definition) is 9. The summed E-state index contributed by atoms with van der Waals surface area (Å²) in [5.41, 5.74) is 0.847. The van der Waals surface area contributed by atoms with E-state index in [4.69, 9.17) is 23.3 Å². The van der Waals surface area contributed by atoms with Gasteiger partial charge in [0.1, 0.15) is 23.4 Å². The van der Waals surface area contributed by atoms with Crippen LogP contribution in [0.15, 0.2) is 47.5 Å². The molecule has 2 aromatic rings. The van der Waals surface area contributed by atoms with Gasteiger partial charge in [0.05, 0.1) is 38.6 Å². The van der Waals surface area contributed by atoms with Gasteiger partial charge in [-0.3, -0.25) is 14.4 Å². The largest absolute Gasteiger partial charge is 0.493 e. The van der Waals surface area contributed by atoms with E-state index in [1.807, 2.05) is 6.92 Å². The molecule has 1 amide bonds. The lowest BCUT2D eigenvalue weighted by atomic mass is 10.1. The standard InChI is InChI=1S/C27H36FN2O7PS/c1-5-35-38(32,36-6-2)17-22-18-39-27(29-22)30-26(31)21-13-23(15-24(14-21)37-19(3)16-33-4)34-12-11-20-9-7-8-10-25(20)28/h7-10,13-15,19,22H,5-6,11-12,16-18H2,1-4H3,(H,29,30,31)/t19-,22?/m0/s1. The predicted molar refractivity (Wildman–Crippen MR) is 151 cm³/mol. The summed E-state index contributed by atoms with van der Waals surface area (Å²) in [6.45, 7) is 6.49. The van der Waals surface area contributed by atoms with Gasteiger partial charge in [-0.05, 0) is 44.5 Å². The van der Waals surface area contributed by atoms with Crippen molar-refractivity contribution in [1.82, 2.24) is 5.32 Å². The molecule has 3 rings (SSSR count). The summed E-state index contributed by atoms with van der Waals surface area (Å²) < 4.78 is 54.5. The van der Waals surface area contributed by atoms with Crippen molar-refractivity contribution in [1.29, 1.82) is 0 Å². The Labute approximate surface area is 233 Å². The third-order valence-electron chi connectivity index (χ3n) is 5.50. The summed E-state index contributed by atoms with van der Waals surface area (Å²) in [5.74, 6) is 0.692. The number of benzene rings is 2. The van der Waals surface area contributed by atoms with E-state index in [2.05, 4.69) is 10.3 Å². The van der Waals surface area contributed by atoms with E-state index in [1.54, 1.807) is 57.4 Å². The molecule has 0 saturated carbocycles. The Morgan fingerprint density at radius 3 is 2.59 bits per heavy atom. The molecular formula is C27H36FN2O7PS. The van der Waals surface area contributed by atoms with Gasteiger partial charge in [-0.25, -0.2) is 4.39 Å². The van der Waals surface area contributed by atoms with Gasteiger partial charge in [0, 0.05) is 30.9 Å². The fourth-order valence-electron chi connectivity index (χ4n) is 3.88. The molecule has 0 aliphatic carbocycles. The van der Waals surface area contributed by atoms with Gasteiger partial charge in [-0.2, -0.15) is 0 Å². The van der Waals surface area contributed by atoms with Crippen molar-refractivity contribution in [2.24, 2.45) is 4.99 Å². The second-order valence-corrected chi connectivity index (χ2v) is 11.9. The van der Waals surface area contributed by atoms with Crippen molar-refractivity contribution < 1.29 is 37.0 Å². The van der Waals surface area contributed by atoms with Crippen LogP contribution >= 0.6 is 19.4 Å². The van der Waals surface area contributed by atoms with Gasteiger partial charge in [-0.15, -0.1) is 0 Å². The van der Waals surface area contributed by atoms with E-state index >= 15 is 0 Å². The molecule has 39 heavy (non-hydrogen) atoms. The van der Waals surface area contributed by atoms with Crippen LogP contribution in [0, 0.1) is 5.82 Å². The van der Waals surface area contributed by atoms with Crippen LogP contribution < -0.4 is 14.8 Å². The summed E-state index contributed by atoms with van der Waals surface area (Å²) in [7, 11) is -1.68. The van der Waals surface area contributed by atoms with E-state index in [-0.39, 0.29) is 43.9 Å². The molecule has 0 radical (unpaired) electrons. The van der Waals surface area contributed by atoms with E-state index in [0.29, 0.717) is 46.6 Å². The Hall–Kier alpha value is -2.43. The molecule has 214 valence electrons. The monoisotopic (exact) mass is 582 g/mol. The van der Waals surface area contributed by atoms with Crippen molar-refractivity contribution in [3.63, 3.8) is 0 Å². The Kier molecular flexibility index (Phi) is 12.3. The maximum Gasteiger partial charge on any atom is 0.332 e. The Balaban J connectivity index is 1.71. The highest BCUT2D eigenvalue weighted by atomic mass is 32.2. The summed E-state index contributed by atoms with van der Waals surface area (Å²) in [6.07, 6.45) is 0.241. The van der Waals surface area contributed by atoms with Gasteiger partial charge >= 0.3 is 7.60 Å². The fourth-order valence-corrected chi connectivity index (χ4v) is 6.78. The average Bonchev–Trinajstić information content (AvgIpc) is 3.31. The summed E-state index contributed by atoms with van der Waals surface area (Å²) in [4.78, 5) is 17.7. The SMILES string of the molecule is CCOP(=O)(CC1CSC(NC(=O)c2cc(OCCc3ccccc3F)cc(O[C@@H](C)COC)c2)=N1)OCC. The molecule has 0 aromatic heterocycles. The highest BCUT2D eigenvalue weighted by Gasteiger charge is 2.32. The highest BCUT2D eigenvalue weighted by Crippen LogP contribution is 2.49. The second-order valence-electron chi connectivity index (χ2n) is 8.75. The number of nitrogens with zero attached hydrogens (tertiary/aromatic N) is 1. The molecule has 1 unspecified atom stereocenters. The van der Waals surface area contributed by atoms with Crippen molar-refractivity contribution in [2.45, 2.75) is 39.3 Å². The van der Waals surface area contributed by atoms with Crippen LogP contribution in [0.4, 0.5) is 4.39 Å². The maximum atomic E-state index is 14.0. The van der Waals surface area contributed by atoms with Crippen molar-refractivity contribution in [3.05, 3.63) is 59.4 Å². The highest BCUT2D eigenvalue weighted by molar-refractivity contribution is 8.14. The van der Waals surface area contributed by atoms with E-state index < -0.39 is 13.5 Å². The second kappa shape index (κ2) is 15.4. The zero-order valence-electron chi connectivity index (χ0n) is 22.7. The predicted octanol–water partition coefficient (Wildman–Crippen LogP) is 5.33. The molecule has 1 N–H and O–H groups in total. The van der Waals surface area contributed by atoms with E-state index in [9.17, 15) is 13.8 Å². The minimum absolute atomic E-state index is 0.141. The van der Waals surface area contributed by atoms with Crippen LogP contribution in [0.3, 0.4) is 0 Å². The zero-order valence-corrected chi connectivity index (χ0v) is 24.4. The molecule has 9 nitrogen and oxygen atoms in total. The minimum Gasteiger partial charge on any atom is -0.493 e. The van der Waals surface area contributed by atoms with Crippen LogP contribution in [0.2, 0.25) is 0 Å². The van der Waals surface area contributed by atoms with Crippen LogP contribution in [0.25, 0.3) is 0 Å². The lowest BCUT2D eigenvalue weighted by Crippen LogP contribution is -2.27. The number of aliphatic imine (C=N–C) groups is 1. The first kappa shape index (κ1) is 31.1. The van der Waals surface area contributed by atoms with Crippen molar-refractivity contribution in [3.8, 4) is 11.5 Å². The molecule has 12 heteroatoms. The fraction of sp³-hybridized carbons (Fsp3) is 0.481. The Bertz CT molecular complexity index is 1170. The number of hydrogen-bond donors (Lipinski definition) is 1. The first-order valence-corrected chi connectivity index (χ1v) is 15.5. The number of ether oxygens (including phenoxy) is 3. The minimum atomic E-state index is -3.26. The number of thioether (sulfide) groups is 1. The van der Waals surface area contributed by atoms with Crippen molar-refractivity contribution in [2.75, 3.05) is 45.5 Å². The Morgan fingerprint density at radius 2 is 1.90 bits per heavy atom. The van der Waals surface area contributed by atoms with Gasteiger partial charge in [0.25, 0.3) is 5.91 Å². The number of methoxy groups -OCH3 is 1. The van der Waals surface area contributed by atoms with Gasteiger partial charge < -0.3 is 28.6 Å². The average molecular weight is 583 g/mol. The number of rotatable bonds is 15. The molecule has 2 atom stereocenters. The van der Waals surface area contributed by atoms with Crippen LogP contribution in [0.1, 0.15) is 36.7 Å². The summed E-state index contributed by atoms with van der Waals surface area (Å²) >= 11 is 1.36. The summed E-state index contributed by atoms with van der Waals surface area (Å²) in [5, 5.41) is 3.24. The molecule has 1 aliphatic heterocycles. The zero-order chi connectivity index (χ0) is 28.3. The van der Waals surface area contributed by atoms with Crippen LogP contribution in [0.5, 0.6) is 11.5 Å². The summed E-state index contributed by atoms with van der Waals surface area (Å²) in [6, 6.07) is 11.1. The van der Waals surface area contributed by atoms with E-state index in [1.165, 1.54) is 17.8 Å². The number of amidine groups is 1. The number of carbonyl (C=O) groups excluding carboxylic acids is 1. The molecule has 0 bridgehead atoms. The van der Waals surface area contributed by atoms with Gasteiger partial charge in [-0.1, -0.05) is 30.0 Å². The van der Waals surface area contributed by atoms with Crippen molar-refractivity contribution >= 4 is 30.4 Å².